The van der Waals surface area contributed by atoms with Crippen molar-refractivity contribution >= 4 is 5.82 Å². The summed E-state index contributed by atoms with van der Waals surface area (Å²) >= 11 is 0. The zero-order valence-electron chi connectivity index (χ0n) is 13.1. The molecular weight excluding hydrogens is 252 g/mol. The van der Waals surface area contributed by atoms with Crippen LogP contribution in [0.3, 0.4) is 0 Å². The molecule has 1 aromatic heterocycles. The Kier molecular flexibility index (Phi) is 4.27. The lowest BCUT2D eigenvalue weighted by molar-refractivity contribution is 0.109. The van der Waals surface area contributed by atoms with E-state index in [1.807, 2.05) is 6.07 Å². The number of nitrogens with zero attached hydrogens (tertiary/aromatic N) is 4. The van der Waals surface area contributed by atoms with Gasteiger partial charge in [-0.3, -0.25) is 4.90 Å². The Morgan fingerprint density at radius 2 is 1.95 bits per heavy atom. The number of hydrazine groups is 1. The van der Waals surface area contributed by atoms with Crippen molar-refractivity contribution < 1.29 is 0 Å². The van der Waals surface area contributed by atoms with Crippen LogP contribution in [-0.4, -0.2) is 53.5 Å². The molecule has 112 valence electrons. The van der Waals surface area contributed by atoms with Crippen molar-refractivity contribution in [2.75, 3.05) is 39.2 Å². The first kappa shape index (κ1) is 15.2. The number of anilines is 1. The van der Waals surface area contributed by atoms with Crippen molar-refractivity contribution in [1.29, 1.82) is 0 Å². The van der Waals surface area contributed by atoms with Crippen LogP contribution >= 0.6 is 0 Å². The zero-order chi connectivity index (χ0) is 14.9. The van der Waals surface area contributed by atoms with Crippen molar-refractivity contribution in [2.24, 2.45) is 5.84 Å². The number of nitrogens with one attached hydrogen (secondary N) is 1. The van der Waals surface area contributed by atoms with Gasteiger partial charge >= 0.3 is 0 Å². The van der Waals surface area contributed by atoms with Crippen LogP contribution in [0.1, 0.15) is 38.3 Å². The maximum atomic E-state index is 5.56. The molecule has 3 N–H and O–H groups in total. The second-order valence-electron chi connectivity index (χ2n) is 6.65. The van der Waals surface area contributed by atoms with Crippen LogP contribution in [-0.2, 0) is 5.41 Å². The Balaban J connectivity index is 2.39. The third kappa shape index (κ3) is 3.26. The summed E-state index contributed by atoms with van der Waals surface area (Å²) in [6.07, 6.45) is 0. The van der Waals surface area contributed by atoms with E-state index in [0.29, 0.717) is 5.82 Å². The highest BCUT2D eigenvalue weighted by molar-refractivity contribution is 5.37. The molecule has 1 aliphatic rings. The summed E-state index contributed by atoms with van der Waals surface area (Å²) in [5, 5.41) is 0. The Morgan fingerprint density at radius 3 is 2.55 bits per heavy atom. The van der Waals surface area contributed by atoms with Gasteiger partial charge in [-0.2, -0.15) is 0 Å². The third-order valence-corrected chi connectivity index (χ3v) is 3.81. The smallest absolute Gasteiger partial charge is 0.149 e. The van der Waals surface area contributed by atoms with E-state index >= 15 is 0 Å². The van der Waals surface area contributed by atoms with E-state index < -0.39 is 0 Å². The maximum absolute atomic E-state index is 5.56. The highest BCUT2D eigenvalue weighted by atomic mass is 15.3. The molecule has 2 heterocycles. The Bertz CT molecular complexity index is 467. The molecule has 0 amide bonds. The van der Waals surface area contributed by atoms with Crippen LogP contribution in [0.15, 0.2) is 6.07 Å². The number of piperazine rings is 1. The van der Waals surface area contributed by atoms with Crippen molar-refractivity contribution in [3.8, 4) is 0 Å². The van der Waals surface area contributed by atoms with Crippen molar-refractivity contribution in [3.05, 3.63) is 17.6 Å². The quantitative estimate of drug-likeness (QED) is 0.621. The van der Waals surface area contributed by atoms with Crippen LogP contribution in [0, 0.1) is 0 Å². The fraction of sp³-hybridized carbons (Fsp3) is 0.714. The minimum atomic E-state index is -0.0254. The standard InChI is InChI=1S/C14H26N6/c1-14(2,3)11-8-12(18-15)17-13(16-11)10-9-19(4)6-7-20(10)5/h8,10H,6-7,9,15H2,1-5H3,(H,16,17,18). The van der Waals surface area contributed by atoms with Crippen molar-refractivity contribution in [1.82, 2.24) is 19.8 Å². The summed E-state index contributed by atoms with van der Waals surface area (Å²) in [6.45, 7) is 9.49. The van der Waals surface area contributed by atoms with Gasteiger partial charge in [0, 0.05) is 31.1 Å². The lowest BCUT2D eigenvalue weighted by Gasteiger charge is -2.37. The third-order valence-electron chi connectivity index (χ3n) is 3.81. The molecule has 0 saturated carbocycles. The fourth-order valence-electron chi connectivity index (χ4n) is 2.36. The predicted octanol–water partition coefficient (Wildman–Crippen LogP) is 0.978. The maximum Gasteiger partial charge on any atom is 0.149 e. The van der Waals surface area contributed by atoms with E-state index in [0.717, 1.165) is 31.2 Å². The predicted molar refractivity (Wildman–Crippen MR) is 81.4 cm³/mol. The molecule has 0 aliphatic carbocycles. The molecule has 6 heteroatoms. The Hall–Kier alpha value is -1.24. The zero-order valence-corrected chi connectivity index (χ0v) is 13.1. The molecule has 0 bridgehead atoms. The number of rotatable bonds is 2. The van der Waals surface area contributed by atoms with E-state index in [-0.39, 0.29) is 11.5 Å². The lowest BCUT2D eigenvalue weighted by Crippen LogP contribution is -2.45. The average molecular weight is 278 g/mol. The van der Waals surface area contributed by atoms with Crippen LogP contribution in [0.25, 0.3) is 0 Å². The molecule has 20 heavy (non-hydrogen) atoms. The first-order chi connectivity index (χ1) is 9.31. The first-order valence-electron chi connectivity index (χ1n) is 7.06. The molecule has 0 radical (unpaired) electrons. The Morgan fingerprint density at radius 1 is 1.25 bits per heavy atom. The summed E-state index contributed by atoms with van der Waals surface area (Å²) in [5.74, 6) is 7.09. The van der Waals surface area contributed by atoms with Gasteiger partial charge in [-0.15, -0.1) is 0 Å². The summed E-state index contributed by atoms with van der Waals surface area (Å²) in [5.41, 5.74) is 3.65. The fourth-order valence-corrected chi connectivity index (χ4v) is 2.36. The molecular formula is C14H26N6. The van der Waals surface area contributed by atoms with Gasteiger partial charge < -0.3 is 10.3 Å². The van der Waals surface area contributed by atoms with E-state index in [1.165, 1.54) is 0 Å². The molecule has 6 nitrogen and oxygen atoms in total. The molecule has 1 saturated heterocycles. The summed E-state index contributed by atoms with van der Waals surface area (Å²) < 4.78 is 0. The van der Waals surface area contributed by atoms with Gasteiger partial charge in [-0.05, 0) is 14.1 Å². The number of nitrogens with two attached hydrogens (primary N) is 1. The minimum Gasteiger partial charge on any atom is -0.308 e. The molecule has 1 atom stereocenters. The van der Waals surface area contributed by atoms with Gasteiger partial charge in [-0.1, -0.05) is 20.8 Å². The molecule has 0 aromatic carbocycles. The van der Waals surface area contributed by atoms with E-state index in [9.17, 15) is 0 Å². The van der Waals surface area contributed by atoms with Gasteiger partial charge in [-0.25, -0.2) is 15.8 Å². The molecule has 1 fully saturated rings. The molecule has 0 spiro atoms. The monoisotopic (exact) mass is 278 g/mol. The van der Waals surface area contributed by atoms with Crippen molar-refractivity contribution in [3.63, 3.8) is 0 Å². The second kappa shape index (κ2) is 5.63. The lowest BCUT2D eigenvalue weighted by atomic mass is 9.91. The van der Waals surface area contributed by atoms with E-state index in [4.69, 9.17) is 10.8 Å². The average Bonchev–Trinajstić information content (AvgIpc) is 2.40. The largest absolute Gasteiger partial charge is 0.308 e. The van der Waals surface area contributed by atoms with Crippen LogP contribution in [0.4, 0.5) is 5.82 Å². The molecule has 1 aromatic rings. The molecule has 1 unspecified atom stereocenters. The minimum absolute atomic E-state index is 0.0254. The summed E-state index contributed by atoms with van der Waals surface area (Å²) in [6, 6.07) is 2.14. The van der Waals surface area contributed by atoms with Crippen molar-refractivity contribution in [2.45, 2.75) is 32.2 Å². The van der Waals surface area contributed by atoms with E-state index in [1.54, 1.807) is 0 Å². The van der Waals surface area contributed by atoms with Gasteiger partial charge in [0.05, 0.1) is 11.7 Å². The first-order valence-corrected chi connectivity index (χ1v) is 7.06. The van der Waals surface area contributed by atoms with Gasteiger partial charge in [0.25, 0.3) is 0 Å². The second-order valence-corrected chi connectivity index (χ2v) is 6.65. The van der Waals surface area contributed by atoms with Gasteiger partial charge in [0.1, 0.15) is 11.6 Å². The highest BCUT2D eigenvalue weighted by Crippen LogP contribution is 2.26. The normalized spacial score (nSPS) is 22.0. The van der Waals surface area contributed by atoms with Gasteiger partial charge in [0.15, 0.2) is 0 Å². The summed E-state index contributed by atoms with van der Waals surface area (Å²) in [4.78, 5) is 14.0. The topological polar surface area (TPSA) is 70.3 Å². The molecule has 1 aliphatic heterocycles. The van der Waals surface area contributed by atoms with Gasteiger partial charge in [0.2, 0.25) is 0 Å². The van der Waals surface area contributed by atoms with E-state index in [2.05, 4.69) is 55.1 Å². The summed E-state index contributed by atoms with van der Waals surface area (Å²) in [7, 11) is 4.26. The van der Waals surface area contributed by atoms with Crippen LogP contribution in [0.5, 0.6) is 0 Å². The SMILES string of the molecule is CN1CCN(C)C(c2nc(NN)cc(C(C)(C)C)n2)C1. The Labute approximate surface area is 121 Å². The van der Waals surface area contributed by atoms with Crippen LogP contribution < -0.4 is 11.3 Å². The van der Waals surface area contributed by atoms with Crippen LogP contribution in [0.2, 0.25) is 0 Å². The number of aromatic nitrogens is 2. The molecule has 2 rings (SSSR count). The number of hydrogen-bond acceptors (Lipinski definition) is 6. The number of nitrogen functional groups attached to an aromatic ring is 1. The number of likely N-dealkylation sites (N-methyl/N-ethyl adjacent to an activating group) is 2. The highest BCUT2D eigenvalue weighted by Gasteiger charge is 2.28. The number of hydrogen-bond donors (Lipinski definition) is 2.